The van der Waals surface area contributed by atoms with E-state index in [0.29, 0.717) is 50.5 Å². The van der Waals surface area contributed by atoms with Gasteiger partial charge in [0.05, 0.1) is 60.1 Å². The summed E-state index contributed by atoms with van der Waals surface area (Å²) < 4.78 is 16.1. The zero-order chi connectivity index (χ0) is 47.6. The molecule has 5 N–H and O–H groups in total. The van der Waals surface area contributed by atoms with Crippen LogP contribution in [-0.2, 0) is 36.6 Å². The second-order valence-electron chi connectivity index (χ2n) is 19.0. The summed E-state index contributed by atoms with van der Waals surface area (Å²) in [6.07, 6.45) is 6.96. The number of aryl methyl sites for hydroxylation is 2. The predicted molar refractivity (Wildman–Crippen MR) is 259 cm³/mol. The van der Waals surface area contributed by atoms with Crippen molar-refractivity contribution in [3.8, 4) is 33.8 Å². The number of H-pyrrole nitrogens is 2. The van der Waals surface area contributed by atoms with Gasteiger partial charge in [-0.05, 0) is 86.3 Å². The molecule has 360 valence electrons. The van der Waals surface area contributed by atoms with Gasteiger partial charge in [-0.3, -0.25) is 14.9 Å². The number of ether oxygens (including phenoxy) is 3. The number of nitrogens with one attached hydrogen (secondary N) is 4. The molecule has 1 aliphatic carbocycles. The summed E-state index contributed by atoms with van der Waals surface area (Å²) in [6.45, 7) is 6.18. The number of methoxy groups -OCH3 is 1. The molecule has 4 aliphatic rings. The molecule has 69 heavy (non-hydrogen) atoms. The van der Waals surface area contributed by atoms with Gasteiger partial charge in [-0.15, -0.1) is 0 Å². The molecule has 10 rings (SSSR count). The minimum Gasteiger partial charge on any atom is -0.446 e. The number of aliphatic hydroxyl groups excluding tert-OH is 1. The first kappa shape index (κ1) is 46.3. The Morgan fingerprint density at radius 1 is 0.812 bits per heavy atom. The largest absolute Gasteiger partial charge is 0.446 e. The van der Waals surface area contributed by atoms with E-state index >= 15 is 0 Å². The fourth-order valence-corrected chi connectivity index (χ4v) is 10.5. The lowest BCUT2D eigenvalue weighted by Gasteiger charge is -2.31. The minimum atomic E-state index is -1.23. The summed E-state index contributed by atoms with van der Waals surface area (Å²) in [5.41, 5.74) is 9.63. The zero-order valence-corrected chi connectivity index (χ0v) is 39.4. The molecule has 16 heteroatoms. The number of likely N-dealkylation sites (tertiary alicyclic amines) is 2. The van der Waals surface area contributed by atoms with Crippen molar-refractivity contribution < 1.29 is 33.7 Å². The van der Waals surface area contributed by atoms with Crippen molar-refractivity contribution in [2.75, 3.05) is 33.4 Å². The number of amides is 3. The molecule has 3 amide bonds. The van der Waals surface area contributed by atoms with E-state index < -0.39 is 24.6 Å². The molecular weight excluding hydrogens is 875 g/mol. The number of aromatic nitrogens is 5. The highest BCUT2D eigenvalue weighted by molar-refractivity contribution is 5.88. The number of carbonyl (C=O) groups excluding carboxylic acids is 3. The fourth-order valence-electron chi connectivity index (χ4n) is 10.5. The molecular formula is C53H61N9O7. The Morgan fingerprint density at radius 3 is 2.33 bits per heavy atom. The Kier molecular flexibility index (Phi) is 13.6. The fraction of sp³-hybridized carbons (Fsp3) is 0.434. The second-order valence-corrected chi connectivity index (χ2v) is 19.0. The highest BCUT2D eigenvalue weighted by Crippen LogP contribution is 2.39. The molecule has 0 spiro atoms. The molecule has 6 aromatic rings. The van der Waals surface area contributed by atoms with E-state index in [1.807, 2.05) is 72.3 Å². The topological polar surface area (TPSA) is 200 Å². The van der Waals surface area contributed by atoms with Crippen LogP contribution in [0.1, 0.15) is 105 Å². The van der Waals surface area contributed by atoms with Crippen LogP contribution in [0.4, 0.5) is 4.79 Å². The molecule has 3 fully saturated rings. The standard InChI is InChI=1S/C53H61N9O7/c1-31(2)45(59-52(65)67-3)50(63)62-25-9-15-44(62)49-56-41-13-7-12-33-28-34(16-19-38(33)47(41)58-49)39-20-17-35-29-36(18-21-40(35)55-39)42-30-54-48(57-42)43-14-8-24-61(43)51(64)46(32-10-5-4-6-11-32)60-53(66)69-37-22-26-68-27-23-37/h4-6,10-11,16-21,28-31,37,43-46,52,59,65H,7-9,12-15,22-27H2,1-3H3,(H,54,57)(H,56,58)(H,60,66). The van der Waals surface area contributed by atoms with Crippen LogP contribution in [0.5, 0.6) is 0 Å². The lowest BCUT2D eigenvalue weighted by molar-refractivity contribution is -0.145. The van der Waals surface area contributed by atoms with Crippen LogP contribution in [-0.4, -0.2) is 110 Å². The molecule has 0 radical (unpaired) electrons. The number of pyridine rings is 1. The Balaban J connectivity index is 0.837. The molecule has 3 aromatic carbocycles. The van der Waals surface area contributed by atoms with Gasteiger partial charge in [0.1, 0.15) is 23.8 Å². The molecule has 6 heterocycles. The number of nitrogens with zero attached hydrogens (tertiary/aromatic N) is 5. The van der Waals surface area contributed by atoms with E-state index in [0.717, 1.165) is 101 Å². The quantitative estimate of drug-likeness (QED) is 0.0712. The number of alkyl carbamates (subject to hydrolysis) is 1. The maximum Gasteiger partial charge on any atom is 0.408 e. The smallest absolute Gasteiger partial charge is 0.408 e. The van der Waals surface area contributed by atoms with Crippen molar-refractivity contribution in [2.24, 2.45) is 5.92 Å². The first-order valence-electron chi connectivity index (χ1n) is 24.5. The maximum atomic E-state index is 14.3. The molecule has 3 aliphatic heterocycles. The number of aliphatic hydroxyl groups is 1. The van der Waals surface area contributed by atoms with Gasteiger partial charge in [0, 0.05) is 60.8 Å². The van der Waals surface area contributed by atoms with Crippen molar-refractivity contribution in [3.63, 3.8) is 0 Å². The third kappa shape index (κ3) is 9.76. The van der Waals surface area contributed by atoms with Crippen LogP contribution in [0, 0.1) is 5.92 Å². The number of fused-ring (bicyclic) bond motifs is 4. The lowest BCUT2D eigenvalue weighted by Crippen LogP contribution is -2.52. The normalized spacial score (nSPS) is 19.8. The van der Waals surface area contributed by atoms with Gasteiger partial charge in [-0.1, -0.05) is 68.4 Å². The van der Waals surface area contributed by atoms with E-state index in [9.17, 15) is 19.5 Å². The van der Waals surface area contributed by atoms with E-state index in [1.165, 1.54) is 12.7 Å². The van der Waals surface area contributed by atoms with Crippen LogP contribution in [0.25, 0.3) is 44.7 Å². The third-order valence-electron chi connectivity index (χ3n) is 14.2. The zero-order valence-electron chi connectivity index (χ0n) is 39.4. The Labute approximate surface area is 401 Å². The number of hydrogen-bond acceptors (Lipinski definition) is 11. The van der Waals surface area contributed by atoms with Gasteiger partial charge in [-0.2, -0.15) is 0 Å². The van der Waals surface area contributed by atoms with Crippen molar-refractivity contribution >= 4 is 28.8 Å². The number of rotatable bonds is 13. The van der Waals surface area contributed by atoms with E-state index in [-0.39, 0.29) is 35.9 Å². The highest BCUT2D eigenvalue weighted by Gasteiger charge is 2.39. The summed E-state index contributed by atoms with van der Waals surface area (Å²) in [4.78, 5) is 67.3. The Bertz CT molecular complexity index is 2800. The Hall–Kier alpha value is -6.46. The predicted octanol–water partition coefficient (Wildman–Crippen LogP) is 7.68. The summed E-state index contributed by atoms with van der Waals surface area (Å²) in [5.74, 6) is 1.19. The maximum absolute atomic E-state index is 14.3. The third-order valence-corrected chi connectivity index (χ3v) is 14.2. The van der Waals surface area contributed by atoms with Crippen molar-refractivity contribution in [1.82, 2.24) is 45.4 Å². The van der Waals surface area contributed by atoms with Gasteiger partial charge in [-0.25, -0.2) is 19.7 Å². The molecule has 0 saturated carbocycles. The SMILES string of the molecule is COC(O)NC(C(=O)N1CCCC1c1nc2c([nH]1)CCCc1cc(-c3ccc4cc(-c5cnc(C6CCCN6C(=O)C(NC(=O)OC6CCOCC6)c6ccccc6)[nH]5)ccc4n3)ccc1-2)C(C)C. The first-order valence-corrected chi connectivity index (χ1v) is 24.5. The second kappa shape index (κ2) is 20.2. The average Bonchev–Trinajstić information content (AvgIpc) is 4.22. The van der Waals surface area contributed by atoms with Gasteiger partial charge in [0.25, 0.3) is 5.91 Å². The number of aromatic amines is 2. The van der Waals surface area contributed by atoms with E-state index in [4.69, 9.17) is 29.2 Å². The van der Waals surface area contributed by atoms with Gasteiger partial charge in [0.2, 0.25) is 12.3 Å². The van der Waals surface area contributed by atoms with Crippen molar-refractivity contribution in [3.05, 3.63) is 114 Å². The minimum absolute atomic E-state index is 0.0499. The summed E-state index contributed by atoms with van der Waals surface area (Å²) in [7, 11) is 1.40. The monoisotopic (exact) mass is 935 g/mol. The molecule has 3 aromatic heterocycles. The number of carbonyl (C=O) groups is 3. The van der Waals surface area contributed by atoms with E-state index in [1.54, 1.807) is 0 Å². The van der Waals surface area contributed by atoms with Crippen molar-refractivity contribution in [2.45, 2.75) is 108 Å². The van der Waals surface area contributed by atoms with Crippen molar-refractivity contribution in [1.29, 1.82) is 0 Å². The molecule has 16 nitrogen and oxygen atoms in total. The van der Waals surface area contributed by atoms with Crippen LogP contribution in [0.15, 0.2) is 85.1 Å². The first-order chi connectivity index (χ1) is 33.6. The Morgan fingerprint density at radius 2 is 1.57 bits per heavy atom. The summed E-state index contributed by atoms with van der Waals surface area (Å²) in [6, 6.07) is 24.2. The van der Waals surface area contributed by atoms with Gasteiger partial charge < -0.3 is 44.4 Å². The highest BCUT2D eigenvalue weighted by atomic mass is 16.6. The van der Waals surface area contributed by atoms with Crippen LogP contribution >= 0.6 is 0 Å². The molecule has 0 bridgehead atoms. The van der Waals surface area contributed by atoms with Crippen LogP contribution in [0.3, 0.4) is 0 Å². The number of hydrogen-bond donors (Lipinski definition) is 5. The summed E-state index contributed by atoms with van der Waals surface area (Å²) >= 11 is 0. The summed E-state index contributed by atoms with van der Waals surface area (Å²) in [5, 5.41) is 16.9. The molecule has 5 atom stereocenters. The number of imidazole rings is 2. The number of benzene rings is 3. The molecule has 3 saturated heterocycles. The van der Waals surface area contributed by atoms with E-state index in [2.05, 4.69) is 57.0 Å². The van der Waals surface area contributed by atoms with Crippen LogP contribution < -0.4 is 10.6 Å². The molecule has 5 unspecified atom stereocenters. The van der Waals surface area contributed by atoms with Gasteiger partial charge in [0.15, 0.2) is 0 Å². The average molecular weight is 936 g/mol. The van der Waals surface area contributed by atoms with Gasteiger partial charge >= 0.3 is 6.09 Å². The lowest BCUT2D eigenvalue weighted by atomic mass is 9.98. The van der Waals surface area contributed by atoms with Crippen LogP contribution in [0.2, 0.25) is 0 Å².